The molecule has 0 unspecified atom stereocenters. The van der Waals surface area contributed by atoms with Gasteiger partial charge in [-0.15, -0.1) is 12.4 Å². The van der Waals surface area contributed by atoms with Crippen molar-refractivity contribution in [2.45, 2.75) is 45.3 Å². The Hall–Kier alpha value is -2.66. The van der Waals surface area contributed by atoms with Crippen LogP contribution in [0.3, 0.4) is 0 Å². The van der Waals surface area contributed by atoms with E-state index < -0.39 is 12.1 Å². The van der Waals surface area contributed by atoms with Gasteiger partial charge in [0.05, 0.1) is 11.7 Å². The van der Waals surface area contributed by atoms with E-state index in [1.165, 1.54) is 5.56 Å². The van der Waals surface area contributed by atoms with Crippen LogP contribution in [0.5, 0.6) is 0 Å². The van der Waals surface area contributed by atoms with Gasteiger partial charge in [0.25, 0.3) is 0 Å². The molecule has 0 bridgehead atoms. The Balaban J connectivity index is 0.00000363. The van der Waals surface area contributed by atoms with Crippen molar-refractivity contribution in [3.05, 3.63) is 95.1 Å². The molecule has 3 aromatic carbocycles. The van der Waals surface area contributed by atoms with Crippen LogP contribution in [-0.2, 0) is 6.42 Å². The summed E-state index contributed by atoms with van der Waals surface area (Å²) in [6, 6.07) is 23.9. The number of aromatic carboxylic acids is 1. The van der Waals surface area contributed by atoms with Crippen LogP contribution in [0.25, 0.3) is 11.1 Å². The molecule has 0 heterocycles. The molecule has 0 spiro atoms. The van der Waals surface area contributed by atoms with Crippen molar-refractivity contribution in [1.29, 1.82) is 0 Å². The van der Waals surface area contributed by atoms with E-state index in [1.54, 1.807) is 6.07 Å². The van der Waals surface area contributed by atoms with Gasteiger partial charge in [0.1, 0.15) is 0 Å². The van der Waals surface area contributed by atoms with Crippen molar-refractivity contribution >= 4 is 18.4 Å². The zero-order valence-corrected chi connectivity index (χ0v) is 19.6. The summed E-state index contributed by atoms with van der Waals surface area (Å²) in [5, 5.41) is 23.1. The van der Waals surface area contributed by atoms with Gasteiger partial charge in [0.15, 0.2) is 0 Å². The number of halogens is 1. The Kier molecular flexibility index (Phi) is 9.45. The lowest BCUT2D eigenvalue weighted by Gasteiger charge is -2.18. The highest BCUT2D eigenvalue weighted by atomic mass is 35.5. The molecule has 3 rings (SSSR count). The third-order valence-corrected chi connectivity index (χ3v) is 5.58. The Labute approximate surface area is 196 Å². The molecule has 2 atom stereocenters. The first-order valence-electron chi connectivity index (χ1n) is 10.8. The molecule has 0 aliphatic carbocycles. The summed E-state index contributed by atoms with van der Waals surface area (Å²) in [5.41, 5.74) is 5.45. The summed E-state index contributed by atoms with van der Waals surface area (Å²) in [4.78, 5) is 11.5. The third-order valence-electron chi connectivity index (χ3n) is 5.58. The SMILES string of the molecule is CC(C)c1cc(-c2ccc(C[C@@H](C)NC[C@H](O)c3ccccc3)cc2)ccc1C(=O)O.Cl. The van der Waals surface area contributed by atoms with Gasteiger partial charge in [0, 0.05) is 12.6 Å². The number of rotatable bonds is 9. The number of aliphatic hydroxyl groups is 1. The summed E-state index contributed by atoms with van der Waals surface area (Å²) in [6.45, 7) is 6.65. The van der Waals surface area contributed by atoms with Crippen LogP contribution in [0.15, 0.2) is 72.8 Å². The first kappa shape index (κ1) is 25.6. The molecule has 0 aromatic heterocycles. The van der Waals surface area contributed by atoms with Crippen LogP contribution in [0.4, 0.5) is 0 Å². The fourth-order valence-electron chi connectivity index (χ4n) is 3.78. The molecule has 0 aliphatic heterocycles. The van der Waals surface area contributed by atoms with Crippen molar-refractivity contribution < 1.29 is 15.0 Å². The van der Waals surface area contributed by atoms with E-state index in [9.17, 15) is 15.0 Å². The van der Waals surface area contributed by atoms with E-state index in [4.69, 9.17) is 0 Å². The third kappa shape index (κ3) is 6.67. The first-order chi connectivity index (χ1) is 14.8. The zero-order valence-electron chi connectivity index (χ0n) is 18.8. The molecule has 0 saturated heterocycles. The van der Waals surface area contributed by atoms with Crippen LogP contribution in [0.2, 0.25) is 0 Å². The van der Waals surface area contributed by atoms with Gasteiger partial charge in [-0.2, -0.15) is 0 Å². The Morgan fingerprint density at radius 3 is 2.12 bits per heavy atom. The number of benzene rings is 3. The molecule has 0 aliphatic rings. The fraction of sp³-hybridized carbons (Fsp3) is 0.296. The van der Waals surface area contributed by atoms with E-state index >= 15 is 0 Å². The summed E-state index contributed by atoms with van der Waals surface area (Å²) < 4.78 is 0. The molecule has 32 heavy (non-hydrogen) atoms. The summed E-state index contributed by atoms with van der Waals surface area (Å²) in [6.07, 6.45) is 0.340. The fourth-order valence-corrected chi connectivity index (χ4v) is 3.78. The molecule has 170 valence electrons. The molecule has 5 heteroatoms. The van der Waals surface area contributed by atoms with Crippen LogP contribution in [0.1, 0.15) is 59.8 Å². The predicted molar refractivity (Wildman–Crippen MR) is 133 cm³/mol. The molecular weight excluding hydrogens is 422 g/mol. The minimum absolute atomic E-state index is 0. The largest absolute Gasteiger partial charge is 0.478 e. The number of carbonyl (C=O) groups is 1. The van der Waals surface area contributed by atoms with Crippen LogP contribution >= 0.6 is 12.4 Å². The number of hydrogen-bond acceptors (Lipinski definition) is 3. The highest BCUT2D eigenvalue weighted by Crippen LogP contribution is 2.27. The Bertz CT molecular complexity index is 1000. The smallest absolute Gasteiger partial charge is 0.335 e. The van der Waals surface area contributed by atoms with Crippen molar-refractivity contribution in [2.75, 3.05) is 6.54 Å². The number of carboxylic acids is 1. The lowest BCUT2D eigenvalue weighted by atomic mass is 9.92. The molecule has 0 radical (unpaired) electrons. The van der Waals surface area contributed by atoms with Crippen molar-refractivity contribution in [3.63, 3.8) is 0 Å². The van der Waals surface area contributed by atoms with Crippen molar-refractivity contribution in [1.82, 2.24) is 5.32 Å². The summed E-state index contributed by atoms with van der Waals surface area (Å²) in [5.74, 6) is -0.743. The molecule has 3 N–H and O–H groups in total. The number of nitrogens with one attached hydrogen (secondary N) is 1. The normalized spacial score (nSPS) is 12.8. The second-order valence-electron chi connectivity index (χ2n) is 8.40. The monoisotopic (exact) mass is 453 g/mol. The number of carboxylic acid groups (broad SMARTS) is 1. The van der Waals surface area contributed by atoms with Gasteiger partial charge in [-0.3, -0.25) is 0 Å². The first-order valence-corrected chi connectivity index (χ1v) is 10.8. The summed E-state index contributed by atoms with van der Waals surface area (Å²) >= 11 is 0. The highest BCUT2D eigenvalue weighted by molar-refractivity contribution is 5.90. The molecule has 3 aromatic rings. The lowest BCUT2D eigenvalue weighted by Crippen LogP contribution is -2.32. The van der Waals surface area contributed by atoms with Gasteiger partial charge < -0.3 is 15.5 Å². The molecule has 0 saturated carbocycles. The van der Waals surface area contributed by atoms with E-state index in [2.05, 4.69) is 36.5 Å². The van der Waals surface area contributed by atoms with Gasteiger partial charge in [-0.1, -0.05) is 80.6 Å². The predicted octanol–water partition coefficient (Wildman–Crippen LogP) is 5.85. The van der Waals surface area contributed by atoms with Gasteiger partial charge in [0.2, 0.25) is 0 Å². The molecule has 0 fully saturated rings. The van der Waals surface area contributed by atoms with Gasteiger partial charge in [-0.05, 0) is 53.1 Å². The van der Waals surface area contributed by atoms with Gasteiger partial charge >= 0.3 is 5.97 Å². The highest BCUT2D eigenvalue weighted by Gasteiger charge is 2.14. The standard InChI is InChI=1S/C27H31NO3.ClH/c1-18(2)25-16-23(13-14-24(25)27(30)31)21-11-9-20(10-12-21)15-19(3)28-17-26(29)22-7-5-4-6-8-22;/h4-14,16,18-19,26,28-29H,15,17H2,1-3H3,(H,30,31);1H/t19-,26+;/m1./s1. The van der Waals surface area contributed by atoms with E-state index in [0.29, 0.717) is 12.1 Å². The summed E-state index contributed by atoms with van der Waals surface area (Å²) in [7, 11) is 0. The van der Waals surface area contributed by atoms with E-state index in [-0.39, 0.29) is 24.4 Å². The Morgan fingerprint density at radius 1 is 0.906 bits per heavy atom. The number of aliphatic hydroxyl groups excluding tert-OH is 1. The van der Waals surface area contributed by atoms with Crippen molar-refractivity contribution in [3.8, 4) is 11.1 Å². The lowest BCUT2D eigenvalue weighted by molar-refractivity contribution is 0.0695. The van der Waals surface area contributed by atoms with E-state index in [1.807, 2.05) is 56.3 Å². The average molecular weight is 454 g/mol. The second-order valence-corrected chi connectivity index (χ2v) is 8.40. The topological polar surface area (TPSA) is 69.6 Å². The molecule has 4 nitrogen and oxygen atoms in total. The Morgan fingerprint density at radius 2 is 1.53 bits per heavy atom. The second kappa shape index (κ2) is 11.8. The zero-order chi connectivity index (χ0) is 22.4. The van der Waals surface area contributed by atoms with Crippen molar-refractivity contribution in [2.24, 2.45) is 0 Å². The maximum absolute atomic E-state index is 11.5. The van der Waals surface area contributed by atoms with Crippen LogP contribution in [0, 0.1) is 0 Å². The van der Waals surface area contributed by atoms with E-state index in [0.717, 1.165) is 28.7 Å². The molecular formula is C27H32ClNO3. The van der Waals surface area contributed by atoms with Gasteiger partial charge in [-0.25, -0.2) is 4.79 Å². The maximum atomic E-state index is 11.5. The minimum atomic E-state index is -0.885. The average Bonchev–Trinajstić information content (AvgIpc) is 2.78. The quantitative estimate of drug-likeness (QED) is 0.380. The number of hydrogen-bond donors (Lipinski definition) is 3. The van der Waals surface area contributed by atoms with Crippen LogP contribution < -0.4 is 5.32 Å². The maximum Gasteiger partial charge on any atom is 0.335 e. The van der Waals surface area contributed by atoms with Crippen LogP contribution in [-0.4, -0.2) is 28.8 Å². The molecule has 0 amide bonds. The minimum Gasteiger partial charge on any atom is -0.478 e.